The highest BCUT2D eigenvalue weighted by molar-refractivity contribution is 5.79. The summed E-state index contributed by atoms with van der Waals surface area (Å²) in [5.74, 6) is 1.40. The predicted octanol–water partition coefficient (Wildman–Crippen LogP) is 1.62. The van der Waals surface area contributed by atoms with Crippen molar-refractivity contribution < 1.29 is 4.79 Å². The van der Waals surface area contributed by atoms with E-state index in [4.69, 9.17) is 11.5 Å². The summed E-state index contributed by atoms with van der Waals surface area (Å²) in [7, 11) is 0. The second-order valence-corrected chi connectivity index (χ2v) is 7.10. The van der Waals surface area contributed by atoms with Gasteiger partial charge in [-0.3, -0.25) is 9.78 Å². The number of nitrogens with two attached hydrogens (primary N) is 2. The molecular weight excluding hydrogens is 354 g/mol. The number of nitrogens with zero attached hydrogens (tertiary/aromatic N) is 4. The van der Waals surface area contributed by atoms with Crippen molar-refractivity contribution in [1.82, 2.24) is 14.9 Å². The highest BCUT2D eigenvalue weighted by Gasteiger charge is 2.16. The van der Waals surface area contributed by atoms with Crippen molar-refractivity contribution in [2.24, 2.45) is 17.4 Å². The molecule has 0 aliphatic carbocycles. The Morgan fingerprint density at radius 2 is 1.96 bits per heavy atom. The SMILES string of the molecule is CC(C)C(=C/N)/C=C(\N)Nc1ccc2ncc(N3CCN(C=O)CC3)cc2n1. The maximum absolute atomic E-state index is 10.9. The van der Waals surface area contributed by atoms with Crippen LogP contribution in [-0.4, -0.2) is 47.5 Å². The van der Waals surface area contributed by atoms with Crippen molar-refractivity contribution in [3.05, 3.63) is 48.1 Å². The van der Waals surface area contributed by atoms with Gasteiger partial charge < -0.3 is 26.6 Å². The molecule has 1 aliphatic rings. The molecule has 2 aromatic rings. The number of hydrogen-bond acceptors (Lipinski definition) is 7. The van der Waals surface area contributed by atoms with Crippen LogP contribution < -0.4 is 21.7 Å². The van der Waals surface area contributed by atoms with Gasteiger partial charge in [-0.25, -0.2) is 4.98 Å². The summed E-state index contributed by atoms with van der Waals surface area (Å²) in [6.45, 7) is 7.10. The lowest BCUT2D eigenvalue weighted by molar-refractivity contribution is -0.118. The molecule has 0 bridgehead atoms. The monoisotopic (exact) mass is 381 g/mol. The van der Waals surface area contributed by atoms with Crippen molar-refractivity contribution in [2.45, 2.75) is 13.8 Å². The summed E-state index contributed by atoms with van der Waals surface area (Å²) in [4.78, 5) is 24.0. The van der Waals surface area contributed by atoms with Crippen molar-refractivity contribution in [3.63, 3.8) is 0 Å². The first-order valence-corrected chi connectivity index (χ1v) is 9.37. The third-order valence-corrected chi connectivity index (χ3v) is 4.81. The standard InChI is InChI=1S/C20H27N7O/c1-14(2)15(11-21)9-19(22)25-20-4-3-17-18(24-20)10-16(12-23-17)27-7-5-26(13-28)6-8-27/h3-4,9-14H,5-8,21-22H2,1-2H3,(H,24,25)/b15-11+,19-9+. The number of carbonyl (C=O) groups excluding carboxylic acids is 1. The van der Waals surface area contributed by atoms with Gasteiger partial charge in [0.15, 0.2) is 0 Å². The van der Waals surface area contributed by atoms with E-state index in [9.17, 15) is 4.79 Å². The Labute approximate surface area is 164 Å². The number of amides is 1. The van der Waals surface area contributed by atoms with Gasteiger partial charge >= 0.3 is 0 Å². The molecule has 2 aromatic heterocycles. The van der Waals surface area contributed by atoms with Gasteiger partial charge in [-0.05, 0) is 42.0 Å². The molecule has 28 heavy (non-hydrogen) atoms. The number of allylic oxidation sites excluding steroid dienone is 2. The summed E-state index contributed by atoms with van der Waals surface area (Å²) in [6.07, 6.45) is 6.13. The van der Waals surface area contributed by atoms with Crippen LogP contribution in [0.2, 0.25) is 0 Å². The topological polar surface area (TPSA) is 113 Å². The minimum Gasteiger partial charge on any atom is -0.404 e. The molecule has 148 valence electrons. The molecular formula is C20H27N7O. The molecule has 0 unspecified atom stereocenters. The molecule has 8 heteroatoms. The lowest BCUT2D eigenvalue weighted by Gasteiger charge is -2.33. The summed E-state index contributed by atoms with van der Waals surface area (Å²) in [6, 6.07) is 5.78. The smallest absolute Gasteiger partial charge is 0.209 e. The van der Waals surface area contributed by atoms with Crippen LogP contribution in [0.15, 0.2) is 48.1 Å². The van der Waals surface area contributed by atoms with Gasteiger partial charge in [0, 0.05) is 26.2 Å². The van der Waals surface area contributed by atoms with E-state index in [-0.39, 0.29) is 5.92 Å². The lowest BCUT2D eigenvalue weighted by Crippen LogP contribution is -2.45. The zero-order valence-corrected chi connectivity index (χ0v) is 16.3. The largest absolute Gasteiger partial charge is 0.404 e. The molecule has 5 N–H and O–H groups in total. The second-order valence-electron chi connectivity index (χ2n) is 7.10. The number of nitrogens with one attached hydrogen (secondary N) is 1. The maximum Gasteiger partial charge on any atom is 0.209 e. The minimum absolute atomic E-state index is 0.279. The predicted molar refractivity (Wildman–Crippen MR) is 112 cm³/mol. The third-order valence-electron chi connectivity index (χ3n) is 4.81. The quantitative estimate of drug-likeness (QED) is 0.515. The average Bonchev–Trinajstić information content (AvgIpc) is 2.71. The highest BCUT2D eigenvalue weighted by atomic mass is 16.1. The first-order chi connectivity index (χ1) is 13.5. The Hall–Kier alpha value is -3.29. The molecule has 1 aliphatic heterocycles. The van der Waals surface area contributed by atoms with E-state index in [1.54, 1.807) is 11.1 Å². The van der Waals surface area contributed by atoms with Crippen molar-refractivity contribution in [1.29, 1.82) is 0 Å². The summed E-state index contributed by atoms with van der Waals surface area (Å²) >= 11 is 0. The zero-order valence-electron chi connectivity index (χ0n) is 16.3. The second kappa shape index (κ2) is 8.60. The van der Waals surface area contributed by atoms with Gasteiger partial charge in [-0.1, -0.05) is 13.8 Å². The fourth-order valence-corrected chi connectivity index (χ4v) is 3.09. The number of pyridine rings is 2. The normalized spacial score (nSPS) is 16.0. The Balaban J connectivity index is 1.79. The molecule has 0 radical (unpaired) electrons. The number of aromatic nitrogens is 2. The van der Waals surface area contributed by atoms with Crippen LogP contribution in [0, 0.1) is 5.92 Å². The fraction of sp³-hybridized carbons (Fsp3) is 0.350. The van der Waals surface area contributed by atoms with E-state index in [2.05, 4.69) is 34.0 Å². The molecule has 3 heterocycles. The first kappa shape index (κ1) is 19.5. The summed E-state index contributed by atoms with van der Waals surface area (Å²) in [5, 5.41) is 3.11. The summed E-state index contributed by atoms with van der Waals surface area (Å²) in [5.41, 5.74) is 15.3. The molecule has 0 atom stereocenters. The number of piperazine rings is 1. The van der Waals surface area contributed by atoms with Crippen molar-refractivity contribution in [2.75, 3.05) is 36.4 Å². The molecule has 8 nitrogen and oxygen atoms in total. The minimum atomic E-state index is 0.279. The maximum atomic E-state index is 10.9. The van der Waals surface area contributed by atoms with E-state index in [1.165, 1.54) is 0 Å². The lowest BCUT2D eigenvalue weighted by atomic mass is 10.0. The number of carbonyl (C=O) groups is 1. The van der Waals surface area contributed by atoms with Crippen molar-refractivity contribution >= 4 is 28.9 Å². The first-order valence-electron chi connectivity index (χ1n) is 9.37. The third kappa shape index (κ3) is 4.51. The van der Waals surface area contributed by atoms with Crippen LogP contribution in [0.1, 0.15) is 13.8 Å². The van der Waals surface area contributed by atoms with E-state index in [0.717, 1.165) is 41.8 Å². The number of hydrogen-bond donors (Lipinski definition) is 3. The zero-order chi connectivity index (χ0) is 20.1. The van der Waals surface area contributed by atoms with Gasteiger partial charge in [-0.15, -0.1) is 0 Å². The molecule has 1 saturated heterocycles. The van der Waals surface area contributed by atoms with Gasteiger partial charge in [0.05, 0.1) is 22.9 Å². The molecule has 1 fully saturated rings. The highest BCUT2D eigenvalue weighted by Crippen LogP contribution is 2.22. The average molecular weight is 381 g/mol. The van der Waals surface area contributed by atoms with Crippen LogP contribution in [0.25, 0.3) is 11.0 Å². The molecule has 1 amide bonds. The fourth-order valence-electron chi connectivity index (χ4n) is 3.09. The van der Waals surface area contributed by atoms with Crippen LogP contribution in [0.4, 0.5) is 11.5 Å². The Bertz CT molecular complexity index is 899. The van der Waals surface area contributed by atoms with Crippen LogP contribution in [0.3, 0.4) is 0 Å². The number of anilines is 2. The molecule has 3 rings (SSSR count). The van der Waals surface area contributed by atoms with Crippen LogP contribution >= 0.6 is 0 Å². The van der Waals surface area contributed by atoms with E-state index in [0.29, 0.717) is 24.7 Å². The van der Waals surface area contributed by atoms with Gasteiger partial charge in [-0.2, -0.15) is 0 Å². The Kier molecular flexibility index (Phi) is 5.98. The molecule has 0 spiro atoms. The molecule has 0 aromatic carbocycles. The van der Waals surface area contributed by atoms with Crippen molar-refractivity contribution in [3.8, 4) is 0 Å². The summed E-state index contributed by atoms with van der Waals surface area (Å²) < 4.78 is 0. The number of fused-ring (bicyclic) bond motifs is 1. The number of rotatable bonds is 6. The van der Waals surface area contributed by atoms with Crippen LogP contribution in [0.5, 0.6) is 0 Å². The Morgan fingerprint density at radius 3 is 2.61 bits per heavy atom. The van der Waals surface area contributed by atoms with Crippen LogP contribution in [-0.2, 0) is 4.79 Å². The van der Waals surface area contributed by atoms with E-state index < -0.39 is 0 Å². The van der Waals surface area contributed by atoms with E-state index in [1.807, 2.05) is 30.5 Å². The van der Waals surface area contributed by atoms with E-state index >= 15 is 0 Å². The Morgan fingerprint density at radius 1 is 1.21 bits per heavy atom. The molecule has 0 saturated carbocycles. The van der Waals surface area contributed by atoms with Gasteiger partial charge in [0.2, 0.25) is 6.41 Å². The van der Waals surface area contributed by atoms with Gasteiger partial charge in [0.25, 0.3) is 0 Å². The van der Waals surface area contributed by atoms with Gasteiger partial charge in [0.1, 0.15) is 11.6 Å².